The van der Waals surface area contributed by atoms with Crippen molar-refractivity contribution in [3.63, 3.8) is 0 Å². The van der Waals surface area contributed by atoms with Crippen molar-refractivity contribution >= 4 is 11.9 Å². The number of benzene rings is 2. The van der Waals surface area contributed by atoms with Crippen LogP contribution in [-0.4, -0.2) is 30.4 Å². The molecule has 2 aromatic carbocycles. The van der Waals surface area contributed by atoms with E-state index in [1.54, 1.807) is 6.07 Å². The lowest BCUT2D eigenvalue weighted by Crippen LogP contribution is -2.66. The number of hydrogen-bond donors (Lipinski definition) is 1. The molecule has 0 bridgehead atoms. The Labute approximate surface area is 162 Å². The standard InChI is InChI=1S/C19H16F5NO4/c1-2-28-17(27)18(19(22,23)24,29-11-12-7-4-3-5-8-12)25-16(26)15-13(20)9-6-10-14(15)21/h3-10H,2,11H2,1H3,(H,25,26)/t18-/m0/s1. The minimum absolute atomic E-state index is 0.247. The molecule has 0 aliphatic rings. The third-order valence-corrected chi connectivity index (χ3v) is 3.74. The van der Waals surface area contributed by atoms with Gasteiger partial charge in [-0.2, -0.15) is 13.2 Å². The van der Waals surface area contributed by atoms with Crippen LogP contribution in [-0.2, 0) is 20.9 Å². The summed E-state index contributed by atoms with van der Waals surface area (Å²) in [6.45, 7) is 0.0308. The zero-order valence-electron chi connectivity index (χ0n) is 15.1. The molecule has 0 aliphatic carbocycles. The summed E-state index contributed by atoms with van der Waals surface area (Å²) in [7, 11) is 0. The number of alkyl halides is 3. The third-order valence-electron chi connectivity index (χ3n) is 3.74. The summed E-state index contributed by atoms with van der Waals surface area (Å²) < 4.78 is 78.6. The van der Waals surface area contributed by atoms with Crippen LogP contribution in [0.2, 0.25) is 0 Å². The molecule has 0 unspecified atom stereocenters. The van der Waals surface area contributed by atoms with Gasteiger partial charge < -0.3 is 14.8 Å². The summed E-state index contributed by atoms with van der Waals surface area (Å²) >= 11 is 0. The average Bonchev–Trinajstić information content (AvgIpc) is 2.65. The Kier molecular flexibility index (Phi) is 6.91. The van der Waals surface area contributed by atoms with Crippen LogP contribution < -0.4 is 5.32 Å². The van der Waals surface area contributed by atoms with E-state index in [2.05, 4.69) is 4.74 Å². The van der Waals surface area contributed by atoms with Crippen molar-refractivity contribution in [1.29, 1.82) is 0 Å². The lowest BCUT2D eigenvalue weighted by atomic mass is 10.1. The highest BCUT2D eigenvalue weighted by atomic mass is 19.4. The van der Waals surface area contributed by atoms with Crippen molar-refractivity contribution < 1.29 is 41.0 Å². The monoisotopic (exact) mass is 417 g/mol. The fourth-order valence-corrected chi connectivity index (χ4v) is 2.35. The van der Waals surface area contributed by atoms with Gasteiger partial charge in [0.1, 0.15) is 17.2 Å². The van der Waals surface area contributed by atoms with Crippen LogP contribution in [0.3, 0.4) is 0 Å². The molecule has 156 valence electrons. The van der Waals surface area contributed by atoms with E-state index in [0.717, 1.165) is 6.07 Å². The average molecular weight is 417 g/mol. The van der Waals surface area contributed by atoms with E-state index >= 15 is 0 Å². The minimum atomic E-state index is -5.51. The van der Waals surface area contributed by atoms with E-state index in [1.807, 2.05) is 0 Å². The molecule has 0 heterocycles. The molecule has 0 fully saturated rings. The van der Waals surface area contributed by atoms with E-state index < -0.39 is 54.2 Å². The molecule has 0 radical (unpaired) electrons. The number of carbonyl (C=O) groups excluding carboxylic acids is 2. The number of esters is 1. The molecule has 0 aliphatic heterocycles. The molecule has 10 heteroatoms. The molecule has 5 nitrogen and oxygen atoms in total. The van der Waals surface area contributed by atoms with Crippen molar-refractivity contribution in [3.05, 3.63) is 71.3 Å². The van der Waals surface area contributed by atoms with E-state index in [4.69, 9.17) is 4.74 Å². The van der Waals surface area contributed by atoms with Crippen LogP contribution in [0.5, 0.6) is 0 Å². The van der Waals surface area contributed by atoms with Gasteiger partial charge in [-0.05, 0) is 24.6 Å². The van der Waals surface area contributed by atoms with Crippen LogP contribution in [0.25, 0.3) is 0 Å². The Balaban J connectivity index is 2.46. The largest absolute Gasteiger partial charge is 0.462 e. The first-order valence-corrected chi connectivity index (χ1v) is 8.30. The number of halogens is 5. The normalized spacial score (nSPS) is 13.4. The second-order valence-corrected chi connectivity index (χ2v) is 5.72. The SMILES string of the molecule is CCOC(=O)[C@](NC(=O)c1c(F)cccc1F)(OCc1ccccc1)C(F)(F)F. The molecule has 29 heavy (non-hydrogen) atoms. The summed E-state index contributed by atoms with van der Waals surface area (Å²) in [5.41, 5.74) is -5.03. The number of hydrogen-bond acceptors (Lipinski definition) is 4. The summed E-state index contributed by atoms with van der Waals surface area (Å²) in [5.74, 6) is -6.64. The molecule has 2 aromatic rings. The number of amides is 1. The predicted molar refractivity (Wildman–Crippen MR) is 90.5 cm³/mol. The quantitative estimate of drug-likeness (QED) is 0.424. The Morgan fingerprint density at radius 3 is 2.07 bits per heavy atom. The van der Waals surface area contributed by atoms with Gasteiger partial charge in [-0.3, -0.25) is 4.79 Å². The van der Waals surface area contributed by atoms with Crippen molar-refractivity contribution in [2.75, 3.05) is 6.61 Å². The maximum absolute atomic E-state index is 13.9. The second kappa shape index (κ2) is 8.99. The summed E-state index contributed by atoms with van der Waals surface area (Å²) in [5, 5.41) is 1.28. The highest BCUT2D eigenvalue weighted by molar-refractivity contribution is 5.98. The Hall–Kier alpha value is -3.01. The van der Waals surface area contributed by atoms with Crippen LogP contribution in [0.1, 0.15) is 22.8 Å². The lowest BCUT2D eigenvalue weighted by Gasteiger charge is -2.33. The van der Waals surface area contributed by atoms with Gasteiger partial charge in [0.05, 0.1) is 13.2 Å². The van der Waals surface area contributed by atoms with Crippen LogP contribution in [0.4, 0.5) is 22.0 Å². The summed E-state index contributed by atoms with van der Waals surface area (Å²) in [6, 6.07) is 9.78. The number of nitrogens with one attached hydrogen (secondary N) is 1. The number of ether oxygens (including phenoxy) is 2. The molecule has 0 saturated carbocycles. The van der Waals surface area contributed by atoms with Gasteiger partial charge in [0.15, 0.2) is 0 Å². The van der Waals surface area contributed by atoms with Crippen LogP contribution >= 0.6 is 0 Å². The van der Waals surface area contributed by atoms with Crippen molar-refractivity contribution in [3.8, 4) is 0 Å². The maximum atomic E-state index is 13.9. The van der Waals surface area contributed by atoms with Crippen molar-refractivity contribution in [2.45, 2.75) is 25.4 Å². The zero-order valence-corrected chi connectivity index (χ0v) is 15.1. The van der Waals surface area contributed by atoms with Gasteiger partial charge in [0.25, 0.3) is 5.91 Å². The van der Waals surface area contributed by atoms with E-state index in [1.165, 1.54) is 36.5 Å². The first-order chi connectivity index (χ1) is 13.6. The molecule has 0 saturated heterocycles. The van der Waals surface area contributed by atoms with Crippen LogP contribution in [0.15, 0.2) is 48.5 Å². The molecule has 1 N–H and O–H groups in total. The molecule has 2 rings (SSSR count). The minimum Gasteiger partial charge on any atom is -0.462 e. The molecular weight excluding hydrogens is 401 g/mol. The summed E-state index contributed by atoms with van der Waals surface area (Å²) in [4.78, 5) is 24.5. The predicted octanol–water partition coefficient (Wildman–Crippen LogP) is 3.73. The number of rotatable bonds is 7. The Morgan fingerprint density at radius 2 is 1.55 bits per heavy atom. The van der Waals surface area contributed by atoms with Crippen LogP contribution in [0, 0.1) is 11.6 Å². The highest BCUT2D eigenvalue weighted by Crippen LogP contribution is 2.34. The molecule has 1 amide bonds. The highest BCUT2D eigenvalue weighted by Gasteiger charge is 2.65. The first kappa shape index (κ1) is 22.3. The van der Waals surface area contributed by atoms with Crippen molar-refractivity contribution in [2.24, 2.45) is 0 Å². The molecule has 0 aromatic heterocycles. The van der Waals surface area contributed by atoms with Gasteiger partial charge in [0, 0.05) is 0 Å². The maximum Gasteiger partial charge on any atom is 0.448 e. The Bertz CT molecular complexity index is 852. The molecular formula is C19H16F5NO4. The Morgan fingerprint density at radius 1 is 0.966 bits per heavy atom. The topological polar surface area (TPSA) is 64.6 Å². The number of carbonyl (C=O) groups is 2. The first-order valence-electron chi connectivity index (χ1n) is 8.30. The summed E-state index contributed by atoms with van der Waals surface area (Å²) in [6.07, 6.45) is -5.51. The zero-order chi connectivity index (χ0) is 21.7. The third kappa shape index (κ3) is 4.89. The fraction of sp³-hybridized carbons (Fsp3) is 0.263. The van der Waals surface area contributed by atoms with E-state index in [9.17, 15) is 31.5 Å². The van der Waals surface area contributed by atoms with Gasteiger partial charge in [-0.15, -0.1) is 0 Å². The smallest absolute Gasteiger partial charge is 0.448 e. The van der Waals surface area contributed by atoms with E-state index in [-0.39, 0.29) is 5.56 Å². The van der Waals surface area contributed by atoms with Gasteiger partial charge in [-0.25, -0.2) is 13.6 Å². The second-order valence-electron chi connectivity index (χ2n) is 5.72. The van der Waals surface area contributed by atoms with Gasteiger partial charge >= 0.3 is 17.9 Å². The van der Waals surface area contributed by atoms with E-state index in [0.29, 0.717) is 12.1 Å². The van der Waals surface area contributed by atoms with Crippen molar-refractivity contribution in [1.82, 2.24) is 5.32 Å². The fourth-order valence-electron chi connectivity index (χ4n) is 2.35. The van der Waals surface area contributed by atoms with Gasteiger partial charge in [0.2, 0.25) is 0 Å². The molecule has 1 atom stereocenters. The lowest BCUT2D eigenvalue weighted by molar-refractivity contribution is -0.287. The molecule has 0 spiro atoms. The van der Waals surface area contributed by atoms with Gasteiger partial charge in [-0.1, -0.05) is 36.4 Å².